The van der Waals surface area contributed by atoms with Crippen molar-refractivity contribution >= 4 is 20.0 Å². The van der Waals surface area contributed by atoms with Crippen molar-refractivity contribution < 1.29 is 26.7 Å². The lowest BCUT2D eigenvalue weighted by Crippen LogP contribution is -2.30. The van der Waals surface area contributed by atoms with E-state index >= 15 is 0 Å². The van der Waals surface area contributed by atoms with Crippen LogP contribution in [0.2, 0.25) is 0 Å². The zero-order valence-electron chi connectivity index (χ0n) is 20.8. The molecule has 3 aromatic rings. The molecule has 0 fully saturated rings. The molecule has 0 aliphatic rings. The Morgan fingerprint density at radius 3 is 2.08 bits per heavy atom. The van der Waals surface area contributed by atoms with Gasteiger partial charge in [0, 0.05) is 18.7 Å². The number of ether oxygens (including phenoxy) is 2. The molecule has 2 atom stereocenters. The minimum atomic E-state index is -4.00. The lowest BCUT2D eigenvalue weighted by atomic mass is 10.1. The first kappa shape index (κ1) is 27.7. The summed E-state index contributed by atoms with van der Waals surface area (Å²) >= 11 is 0. The molecule has 3 rings (SSSR count). The number of benzene rings is 3. The van der Waals surface area contributed by atoms with E-state index in [0.717, 1.165) is 5.56 Å². The predicted octanol–water partition coefficient (Wildman–Crippen LogP) is 5.19. The van der Waals surface area contributed by atoms with Crippen molar-refractivity contribution in [2.75, 3.05) is 14.2 Å². The van der Waals surface area contributed by atoms with E-state index in [1.165, 1.54) is 42.8 Å². The van der Waals surface area contributed by atoms with Crippen molar-refractivity contribution in [3.05, 3.63) is 83.9 Å². The number of para-hydroxylation sites is 1. The fourth-order valence-electron chi connectivity index (χ4n) is 3.60. The zero-order valence-corrected chi connectivity index (χ0v) is 22.5. The molecule has 3 aromatic carbocycles. The summed E-state index contributed by atoms with van der Waals surface area (Å²) in [5.74, 6) is 0.953. The minimum absolute atomic E-state index is 0.00258. The minimum Gasteiger partial charge on any atom is -0.493 e. The lowest BCUT2D eigenvalue weighted by Gasteiger charge is -2.24. The van der Waals surface area contributed by atoms with Crippen molar-refractivity contribution in [3.63, 3.8) is 0 Å². The summed E-state index contributed by atoms with van der Waals surface area (Å²) in [6, 6.07) is 19.6. The standard InChI is InChI=1S/C26H32N2O6S2/c1-5-20(2)27-35(29,30)23-14-16-24(17-15-23)36(31,32)28(18-21-10-7-6-8-11-21)19-22-12-9-13-25(33-3)26(22)34-4/h6-17,20H,5,18-19H2,1-4H3,(H,27,29,30)/t20-/m1/s1. The monoisotopic (exact) mass is 532 g/mol. The van der Waals surface area contributed by atoms with Gasteiger partial charge in [0.15, 0.2) is 21.5 Å². The van der Waals surface area contributed by atoms with Gasteiger partial charge in [-0.3, -0.25) is 4.55 Å². The molecule has 1 unspecified atom stereocenters. The first-order valence-electron chi connectivity index (χ1n) is 11.4. The van der Waals surface area contributed by atoms with E-state index in [9.17, 15) is 17.2 Å². The van der Waals surface area contributed by atoms with E-state index in [0.29, 0.717) is 23.5 Å². The van der Waals surface area contributed by atoms with Crippen LogP contribution in [0.5, 0.6) is 11.5 Å². The molecule has 0 saturated heterocycles. The van der Waals surface area contributed by atoms with Crippen LogP contribution in [0.15, 0.2) is 87.0 Å². The summed E-state index contributed by atoms with van der Waals surface area (Å²) in [6.07, 6.45) is 0.617. The Hall–Kier alpha value is -2.92. The van der Waals surface area contributed by atoms with Crippen LogP contribution in [-0.4, -0.2) is 41.7 Å². The van der Waals surface area contributed by atoms with Crippen LogP contribution in [0.3, 0.4) is 0 Å². The van der Waals surface area contributed by atoms with Gasteiger partial charge in [-0.15, -0.1) is 0 Å². The number of sulfonamides is 1. The van der Waals surface area contributed by atoms with Gasteiger partial charge in [-0.05, 0) is 49.2 Å². The van der Waals surface area contributed by atoms with Crippen LogP contribution in [0.25, 0.3) is 0 Å². The second-order valence-electron chi connectivity index (χ2n) is 8.24. The summed E-state index contributed by atoms with van der Waals surface area (Å²) in [4.78, 5) is 0.0635. The fraction of sp³-hybridized carbons (Fsp3) is 0.308. The van der Waals surface area contributed by atoms with Crippen LogP contribution in [0, 0.1) is 0 Å². The summed E-state index contributed by atoms with van der Waals surface area (Å²) < 4.78 is 66.8. The molecule has 8 nitrogen and oxygen atoms in total. The van der Waals surface area contributed by atoms with Gasteiger partial charge in [0.25, 0.3) is 0 Å². The van der Waals surface area contributed by atoms with E-state index in [1.54, 1.807) is 25.1 Å². The van der Waals surface area contributed by atoms with E-state index < -0.39 is 20.0 Å². The topological polar surface area (TPSA) is 105 Å². The van der Waals surface area contributed by atoms with Gasteiger partial charge in [0.2, 0.25) is 10.0 Å². The Morgan fingerprint density at radius 2 is 1.50 bits per heavy atom. The largest absolute Gasteiger partial charge is 0.493 e. The highest BCUT2D eigenvalue weighted by atomic mass is 32.2. The Morgan fingerprint density at radius 1 is 0.861 bits per heavy atom. The molecule has 0 amide bonds. The molecule has 10 heteroatoms. The molecule has 0 saturated carbocycles. The van der Waals surface area contributed by atoms with E-state index in [-0.39, 0.29) is 28.9 Å². The van der Waals surface area contributed by atoms with Crippen LogP contribution >= 0.6 is 0 Å². The third-order valence-corrected chi connectivity index (χ3v) is 9.05. The van der Waals surface area contributed by atoms with Gasteiger partial charge in [0.05, 0.1) is 30.1 Å². The Kier molecular flexibility index (Phi) is 9.13. The number of hydrogen-bond donors (Lipinski definition) is 1. The molecule has 0 heterocycles. The number of rotatable bonds is 11. The number of methoxy groups -OCH3 is 2. The normalized spacial score (nSPS) is 14.2. The van der Waals surface area contributed by atoms with Crippen molar-refractivity contribution in [2.45, 2.75) is 49.2 Å². The maximum Gasteiger partial charge on any atom is 0.243 e. The van der Waals surface area contributed by atoms with Gasteiger partial charge in [-0.2, -0.15) is 4.31 Å². The lowest BCUT2D eigenvalue weighted by molar-refractivity contribution is 0.341. The van der Waals surface area contributed by atoms with Gasteiger partial charge in [0.1, 0.15) is 0 Å². The van der Waals surface area contributed by atoms with Crippen LogP contribution in [0.4, 0.5) is 0 Å². The first-order valence-corrected chi connectivity index (χ1v) is 14.4. The van der Waals surface area contributed by atoms with Gasteiger partial charge in [-0.25, -0.2) is 17.0 Å². The van der Waals surface area contributed by atoms with Crippen LogP contribution < -0.4 is 9.47 Å². The molecule has 0 spiro atoms. The third-order valence-electron chi connectivity index (χ3n) is 5.72. The third kappa shape index (κ3) is 6.44. The van der Waals surface area contributed by atoms with Gasteiger partial charge in [-0.1, -0.05) is 49.4 Å². The molecule has 0 radical (unpaired) electrons. The van der Waals surface area contributed by atoms with Gasteiger partial charge < -0.3 is 9.47 Å². The molecule has 0 bridgehead atoms. The maximum absolute atomic E-state index is 13.8. The summed E-state index contributed by atoms with van der Waals surface area (Å²) in [5.41, 5.74) is 1.45. The van der Waals surface area contributed by atoms with Crippen LogP contribution in [0.1, 0.15) is 31.4 Å². The second-order valence-corrected chi connectivity index (χ2v) is 11.9. The molecule has 0 aliphatic heterocycles. The Labute approximate surface area is 213 Å². The highest BCUT2D eigenvalue weighted by Gasteiger charge is 2.27. The zero-order chi connectivity index (χ0) is 26.3. The number of hydrogen-bond acceptors (Lipinski definition) is 6. The van der Waals surface area contributed by atoms with Crippen molar-refractivity contribution in [1.29, 1.82) is 0 Å². The average molecular weight is 533 g/mol. The predicted molar refractivity (Wildman–Crippen MR) is 140 cm³/mol. The molecule has 0 aromatic heterocycles. The quantitative estimate of drug-likeness (QED) is 0.364. The van der Waals surface area contributed by atoms with Gasteiger partial charge >= 0.3 is 0 Å². The van der Waals surface area contributed by atoms with E-state index in [1.807, 2.05) is 37.3 Å². The fourth-order valence-corrected chi connectivity index (χ4v) is 6.25. The van der Waals surface area contributed by atoms with Crippen molar-refractivity contribution in [2.24, 2.45) is 4.36 Å². The summed E-state index contributed by atoms with van der Waals surface area (Å²) in [7, 11) is -4.60. The molecule has 0 aliphatic carbocycles. The smallest absolute Gasteiger partial charge is 0.243 e. The maximum atomic E-state index is 13.8. The Balaban J connectivity index is 2.03. The molecule has 194 valence electrons. The van der Waals surface area contributed by atoms with Crippen molar-refractivity contribution in [3.8, 4) is 11.5 Å². The Bertz CT molecular complexity index is 1380. The molecular formula is C26H32N2O6S2. The average Bonchev–Trinajstić information content (AvgIpc) is 2.88. The summed E-state index contributed by atoms with van der Waals surface area (Å²) in [5, 5.41) is 0. The highest BCUT2D eigenvalue weighted by Crippen LogP contribution is 2.33. The highest BCUT2D eigenvalue weighted by molar-refractivity contribution is 7.89. The SMILES string of the molecule is CC[C@@H](C)N=S(=O)(O)c1ccc(S(=O)(=O)N(Cc2ccccc2)Cc2cccc(OC)c2OC)cc1. The van der Waals surface area contributed by atoms with E-state index in [2.05, 4.69) is 4.36 Å². The molecule has 1 N–H and O–H groups in total. The van der Waals surface area contributed by atoms with Crippen molar-refractivity contribution in [1.82, 2.24) is 4.31 Å². The van der Waals surface area contributed by atoms with E-state index in [4.69, 9.17) is 9.47 Å². The second kappa shape index (κ2) is 11.9. The first-order chi connectivity index (χ1) is 17.1. The number of nitrogens with zero attached hydrogens (tertiary/aromatic N) is 2. The molecule has 36 heavy (non-hydrogen) atoms. The van der Waals surface area contributed by atoms with Crippen LogP contribution in [-0.2, 0) is 33.1 Å². The summed E-state index contributed by atoms with van der Waals surface area (Å²) in [6.45, 7) is 3.77. The molecular weight excluding hydrogens is 500 g/mol.